The molecule has 2 heterocycles. The van der Waals surface area contributed by atoms with Gasteiger partial charge < -0.3 is 4.74 Å². The second-order valence-electron chi connectivity index (χ2n) is 6.47. The third-order valence-electron chi connectivity index (χ3n) is 4.20. The van der Waals surface area contributed by atoms with E-state index in [9.17, 15) is 9.59 Å². The monoisotopic (exact) mass is 426 g/mol. The Labute approximate surface area is 174 Å². The fraction of sp³-hybridized carbons (Fsp3) is 0.200. The summed E-state index contributed by atoms with van der Waals surface area (Å²) >= 11 is 2.80. The van der Waals surface area contributed by atoms with E-state index in [4.69, 9.17) is 4.74 Å². The molecular weight excluding hydrogens is 408 g/mol. The molecular formula is C20H18N4O3S2. The number of aromatic nitrogens is 2. The van der Waals surface area contributed by atoms with Crippen molar-refractivity contribution in [3.8, 4) is 0 Å². The molecule has 0 atom stereocenters. The highest BCUT2D eigenvalue weighted by molar-refractivity contribution is 7.22. The topological polar surface area (TPSA) is 93.2 Å². The van der Waals surface area contributed by atoms with Crippen molar-refractivity contribution in [2.45, 2.75) is 13.8 Å². The summed E-state index contributed by atoms with van der Waals surface area (Å²) in [6.45, 7) is 3.48. The summed E-state index contributed by atoms with van der Waals surface area (Å²) in [5, 5.41) is 6.44. The molecule has 0 unspecified atom stereocenters. The number of ether oxygens (including phenoxy) is 1. The molecule has 0 bridgehead atoms. The lowest BCUT2D eigenvalue weighted by Crippen LogP contribution is -2.23. The molecule has 4 rings (SSSR count). The molecule has 0 spiro atoms. The zero-order chi connectivity index (χ0) is 20.4. The molecule has 7 nitrogen and oxygen atoms in total. The summed E-state index contributed by atoms with van der Waals surface area (Å²) in [5.41, 5.74) is 3.85. The molecule has 2 aromatic heterocycles. The van der Waals surface area contributed by atoms with E-state index in [0.717, 1.165) is 31.6 Å². The van der Waals surface area contributed by atoms with Crippen molar-refractivity contribution in [2.24, 2.45) is 0 Å². The van der Waals surface area contributed by atoms with Gasteiger partial charge in [0.15, 0.2) is 10.3 Å². The molecule has 4 aromatic rings. The van der Waals surface area contributed by atoms with Crippen LogP contribution in [0.3, 0.4) is 0 Å². The van der Waals surface area contributed by atoms with Crippen molar-refractivity contribution in [1.82, 2.24) is 9.97 Å². The van der Waals surface area contributed by atoms with Gasteiger partial charge in [0.1, 0.15) is 13.2 Å². The maximum absolute atomic E-state index is 12.1. The number of fused-ring (bicyclic) bond motifs is 2. The highest BCUT2D eigenvalue weighted by atomic mass is 32.1. The van der Waals surface area contributed by atoms with Crippen molar-refractivity contribution in [1.29, 1.82) is 0 Å². The molecule has 0 aliphatic heterocycles. The first kappa shape index (κ1) is 19.4. The number of rotatable bonds is 6. The van der Waals surface area contributed by atoms with Gasteiger partial charge in [0.05, 0.1) is 20.4 Å². The van der Waals surface area contributed by atoms with Gasteiger partial charge in [-0.1, -0.05) is 46.9 Å². The van der Waals surface area contributed by atoms with Gasteiger partial charge in [-0.15, -0.1) is 0 Å². The van der Waals surface area contributed by atoms with Crippen molar-refractivity contribution >= 4 is 65.2 Å². The van der Waals surface area contributed by atoms with Crippen LogP contribution in [-0.2, 0) is 14.3 Å². The zero-order valence-corrected chi connectivity index (χ0v) is 17.4. The minimum Gasteiger partial charge on any atom is -0.362 e. The minimum absolute atomic E-state index is 0.235. The van der Waals surface area contributed by atoms with Crippen LogP contribution in [0, 0.1) is 13.8 Å². The van der Waals surface area contributed by atoms with Crippen molar-refractivity contribution in [2.75, 3.05) is 23.8 Å². The summed E-state index contributed by atoms with van der Waals surface area (Å²) in [6, 6.07) is 11.8. The highest BCUT2D eigenvalue weighted by Gasteiger charge is 2.12. The number of hydrogen-bond donors (Lipinski definition) is 2. The van der Waals surface area contributed by atoms with Crippen molar-refractivity contribution in [3.05, 3.63) is 47.5 Å². The van der Waals surface area contributed by atoms with Crippen LogP contribution in [0.2, 0.25) is 0 Å². The standard InChI is InChI=1S/C20H18N4O3S2/c1-11-5-3-7-13-17(11)23-19(28-13)21-15(25)9-27-10-16(26)22-20-24-18-12(2)6-4-8-14(18)29-20/h3-8H,9-10H2,1-2H3,(H,21,23,25)(H,22,24,26). The third-order valence-corrected chi connectivity index (χ3v) is 6.07. The SMILES string of the molecule is Cc1cccc2sc(NC(=O)COCC(=O)Nc3nc4c(C)cccc4s3)nc12. The number of nitrogens with zero attached hydrogens (tertiary/aromatic N) is 2. The van der Waals surface area contributed by atoms with Crippen LogP contribution in [0.4, 0.5) is 10.3 Å². The fourth-order valence-electron chi connectivity index (χ4n) is 2.83. The van der Waals surface area contributed by atoms with Crippen LogP contribution in [-0.4, -0.2) is 35.0 Å². The predicted octanol–water partition coefficient (Wildman–Crippen LogP) is 4.12. The second kappa shape index (κ2) is 8.24. The lowest BCUT2D eigenvalue weighted by atomic mass is 10.2. The molecule has 9 heteroatoms. The molecule has 2 N–H and O–H groups in total. The summed E-state index contributed by atoms with van der Waals surface area (Å²) in [4.78, 5) is 33.0. The number of thiazole rings is 2. The number of amides is 2. The minimum atomic E-state index is -0.356. The van der Waals surface area contributed by atoms with E-state index < -0.39 is 0 Å². The van der Waals surface area contributed by atoms with Crippen LogP contribution in [0.25, 0.3) is 20.4 Å². The molecule has 2 aromatic carbocycles. The van der Waals surface area contributed by atoms with E-state index in [1.807, 2.05) is 50.2 Å². The molecule has 0 aliphatic carbocycles. The fourth-order valence-corrected chi connectivity index (χ4v) is 4.75. The maximum atomic E-state index is 12.1. The summed E-state index contributed by atoms with van der Waals surface area (Å²) in [7, 11) is 0. The first-order valence-electron chi connectivity index (χ1n) is 8.89. The third kappa shape index (κ3) is 4.42. The Morgan fingerprint density at radius 3 is 1.69 bits per heavy atom. The molecule has 0 fully saturated rings. The van der Waals surface area contributed by atoms with E-state index in [1.165, 1.54) is 22.7 Å². The van der Waals surface area contributed by atoms with E-state index in [1.54, 1.807) is 0 Å². The number of aryl methyl sites for hydroxylation is 2. The number of carbonyl (C=O) groups is 2. The van der Waals surface area contributed by atoms with E-state index in [2.05, 4.69) is 20.6 Å². The predicted molar refractivity (Wildman–Crippen MR) is 117 cm³/mol. The Bertz CT molecular complexity index is 1120. The number of nitrogens with one attached hydrogen (secondary N) is 2. The summed E-state index contributed by atoms with van der Waals surface area (Å²) < 4.78 is 7.24. The lowest BCUT2D eigenvalue weighted by Gasteiger charge is -2.04. The van der Waals surface area contributed by atoms with Crippen LogP contribution in [0.1, 0.15) is 11.1 Å². The Hall–Kier alpha value is -2.88. The smallest absolute Gasteiger partial charge is 0.252 e. The second-order valence-corrected chi connectivity index (χ2v) is 8.53. The van der Waals surface area contributed by atoms with Crippen LogP contribution in [0.15, 0.2) is 36.4 Å². The quantitative estimate of drug-likeness (QED) is 0.484. The number of benzene rings is 2. The largest absolute Gasteiger partial charge is 0.362 e. The first-order chi connectivity index (χ1) is 14.0. The highest BCUT2D eigenvalue weighted by Crippen LogP contribution is 2.28. The molecule has 0 saturated carbocycles. The van der Waals surface area contributed by atoms with Gasteiger partial charge >= 0.3 is 0 Å². The normalized spacial score (nSPS) is 11.1. The number of anilines is 2. The summed E-state index contributed by atoms with van der Waals surface area (Å²) in [5.74, 6) is -0.713. The molecule has 0 saturated heterocycles. The number of hydrogen-bond acceptors (Lipinski definition) is 7. The molecule has 0 aliphatic rings. The van der Waals surface area contributed by atoms with Gasteiger partial charge in [0, 0.05) is 0 Å². The van der Waals surface area contributed by atoms with Gasteiger partial charge in [-0.25, -0.2) is 9.97 Å². The van der Waals surface area contributed by atoms with Gasteiger partial charge in [0.25, 0.3) is 11.8 Å². The lowest BCUT2D eigenvalue weighted by molar-refractivity contribution is -0.125. The van der Waals surface area contributed by atoms with Gasteiger partial charge in [0.2, 0.25) is 0 Å². The summed E-state index contributed by atoms with van der Waals surface area (Å²) in [6.07, 6.45) is 0. The van der Waals surface area contributed by atoms with Crippen molar-refractivity contribution < 1.29 is 14.3 Å². The van der Waals surface area contributed by atoms with Crippen LogP contribution in [0.5, 0.6) is 0 Å². The maximum Gasteiger partial charge on any atom is 0.252 e. The first-order valence-corrected chi connectivity index (χ1v) is 10.5. The zero-order valence-electron chi connectivity index (χ0n) is 15.8. The Kier molecular flexibility index (Phi) is 5.52. The average molecular weight is 427 g/mol. The van der Waals surface area contributed by atoms with Crippen LogP contribution >= 0.6 is 22.7 Å². The number of carbonyl (C=O) groups excluding carboxylic acids is 2. The van der Waals surface area contributed by atoms with Gasteiger partial charge in [-0.3, -0.25) is 20.2 Å². The number of para-hydroxylation sites is 2. The Balaban J connectivity index is 1.27. The molecule has 0 radical (unpaired) electrons. The molecule has 2 amide bonds. The van der Waals surface area contributed by atoms with E-state index in [-0.39, 0.29) is 25.0 Å². The Morgan fingerprint density at radius 1 is 0.828 bits per heavy atom. The van der Waals surface area contributed by atoms with E-state index in [0.29, 0.717) is 10.3 Å². The van der Waals surface area contributed by atoms with Gasteiger partial charge in [-0.05, 0) is 37.1 Å². The average Bonchev–Trinajstić information content (AvgIpc) is 3.26. The molecule has 148 valence electrons. The van der Waals surface area contributed by atoms with Gasteiger partial charge in [-0.2, -0.15) is 0 Å². The Morgan fingerprint density at radius 2 is 1.28 bits per heavy atom. The van der Waals surface area contributed by atoms with Crippen LogP contribution < -0.4 is 10.6 Å². The van der Waals surface area contributed by atoms with E-state index >= 15 is 0 Å². The van der Waals surface area contributed by atoms with Crippen molar-refractivity contribution in [3.63, 3.8) is 0 Å². The molecule has 29 heavy (non-hydrogen) atoms.